The molecule has 0 radical (unpaired) electrons. The summed E-state index contributed by atoms with van der Waals surface area (Å²) in [6, 6.07) is 7.87. The standard InChI is InChI=1S/C23H24F4N6O4S2/c1-16-2-4-19(5-3-16)39(36,37)32-8-6-20-21(32)28-12-18-13-29-22(33(18)20)30-9-10-31(15-17(24)14-30)38(34,35)11-7-23(25,26)27/h2-6,8,12-13,17H,7,9-11,14-15H2,1H3. The summed E-state index contributed by atoms with van der Waals surface area (Å²) in [7, 11) is -8.33. The Labute approximate surface area is 221 Å². The van der Waals surface area contributed by atoms with Crippen LogP contribution in [0.25, 0.3) is 16.7 Å². The van der Waals surface area contributed by atoms with Gasteiger partial charge in [-0.1, -0.05) is 17.7 Å². The molecule has 0 spiro atoms. The second-order valence-corrected chi connectivity index (χ2v) is 13.2. The Morgan fingerprint density at radius 2 is 1.67 bits per heavy atom. The SMILES string of the molecule is Cc1ccc(S(=O)(=O)n2ccc3c2ncc2cnc(N4CCN(S(=O)(=O)CCC(F)(F)F)CC(F)C4)n23)cc1. The molecule has 0 bridgehead atoms. The van der Waals surface area contributed by atoms with Gasteiger partial charge in [0, 0.05) is 25.8 Å². The van der Waals surface area contributed by atoms with Crippen LogP contribution in [0, 0.1) is 6.92 Å². The summed E-state index contributed by atoms with van der Waals surface area (Å²) in [6.45, 7) is 0.699. The molecule has 1 aliphatic rings. The zero-order chi connectivity index (χ0) is 28.2. The predicted molar refractivity (Wildman–Crippen MR) is 135 cm³/mol. The molecule has 1 atom stereocenters. The molecule has 1 aliphatic heterocycles. The lowest BCUT2D eigenvalue weighted by Gasteiger charge is -2.22. The number of halogens is 4. The summed E-state index contributed by atoms with van der Waals surface area (Å²) < 4.78 is 108. The van der Waals surface area contributed by atoms with Crippen molar-refractivity contribution in [2.45, 2.75) is 30.6 Å². The van der Waals surface area contributed by atoms with Crippen LogP contribution in [0.2, 0.25) is 0 Å². The first-order chi connectivity index (χ1) is 18.3. The van der Waals surface area contributed by atoms with Crippen molar-refractivity contribution in [2.75, 3.05) is 36.8 Å². The third kappa shape index (κ3) is 5.32. The third-order valence-corrected chi connectivity index (χ3v) is 9.99. The fourth-order valence-corrected chi connectivity index (χ4v) is 7.29. The van der Waals surface area contributed by atoms with Gasteiger partial charge in [-0.25, -0.2) is 35.2 Å². The van der Waals surface area contributed by atoms with Gasteiger partial charge < -0.3 is 4.90 Å². The number of sulfonamides is 1. The largest absolute Gasteiger partial charge is 0.390 e. The highest BCUT2D eigenvalue weighted by Crippen LogP contribution is 2.27. The van der Waals surface area contributed by atoms with Gasteiger partial charge in [0.15, 0.2) is 5.65 Å². The third-order valence-electron chi connectivity index (χ3n) is 6.47. The number of fused-ring (bicyclic) bond motifs is 3. The van der Waals surface area contributed by atoms with E-state index in [4.69, 9.17) is 0 Å². The summed E-state index contributed by atoms with van der Waals surface area (Å²) >= 11 is 0. The van der Waals surface area contributed by atoms with Gasteiger partial charge in [-0.2, -0.15) is 17.5 Å². The van der Waals surface area contributed by atoms with Crippen LogP contribution in [0.4, 0.5) is 23.5 Å². The van der Waals surface area contributed by atoms with Crippen LogP contribution in [-0.2, 0) is 20.0 Å². The zero-order valence-electron chi connectivity index (χ0n) is 20.6. The van der Waals surface area contributed by atoms with Crippen LogP contribution in [0.3, 0.4) is 0 Å². The minimum atomic E-state index is -4.66. The molecule has 0 N–H and O–H groups in total. The normalized spacial score (nSPS) is 18.2. The van der Waals surface area contributed by atoms with Crippen molar-refractivity contribution in [3.05, 3.63) is 54.5 Å². The van der Waals surface area contributed by atoms with E-state index in [1.807, 2.05) is 6.92 Å². The molecule has 0 amide bonds. The Morgan fingerprint density at radius 3 is 2.36 bits per heavy atom. The van der Waals surface area contributed by atoms with Crippen molar-refractivity contribution < 1.29 is 34.4 Å². The summed E-state index contributed by atoms with van der Waals surface area (Å²) in [4.78, 5) is 10.2. The number of rotatable bonds is 6. The molecule has 210 valence electrons. The van der Waals surface area contributed by atoms with E-state index in [-0.39, 0.29) is 36.1 Å². The van der Waals surface area contributed by atoms with E-state index in [1.54, 1.807) is 16.5 Å². The van der Waals surface area contributed by atoms with E-state index >= 15 is 0 Å². The van der Waals surface area contributed by atoms with E-state index in [0.717, 1.165) is 13.8 Å². The lowest BCUT2D eigenvalue weighted by atomic mass is 10.2. The van der Waals surface area contributed by atoms with Gasteiger partial charge in [0.2, 0.25) is 16.0 Å². The number of nitrogens with zero attached hydrogens (tertiary/aromatic N) is 6. The highest BCUT2D eigenvalue weighted by atomic mass is 32.2. The Balaban J connectivity index is 1.49. The van der Waals surface area contributed by atoms with E-state index in [2.05, 4.69) is 9.97 Å². The number of benzene rings is 1. The molecule has 0 saturated carbocycles. The number of aryl methyl sites for hydroxylation is 1. The van der Waals surface area contributed by atoms with Crippen molar-refractivity contribution in [3.63, 3.8) is 0 Å². The average Bonchev–Trinajstić information content (AvgIpc) is 3.43. The zero-order valence-corrected chi connectivity index (χ0v) is 22.2. The molecule has 16 heteroatoms. The first-order valence-corrected chi connectivity index (χ1v) is 14.9. The average molecular weight is 589 g/mol. The number of anilines is 1. The molecule has 3 aromatic heterocycles. The summed E-state index contributed by atoms with van der Waals surface area (Å²) in [5, 5.41) is 0. The fourth-order valence-electron chi connectivity index (χ4n) is 4.50. The molecule has 1 unspecified atom stereocenters. The molecule has 10 nitrogen and oxygen atoms in total. The number of aromatic nitrogens is 4. The highest BCUT2D eigenvalue weighted by Gasteiger charge is 2.35. The van der Waals surface area contributed by atoms with Crippen molar-refractivity contribution in [1.29, 1.82) is 0 Å². The predicted octanol–water partition coefficient (Wildman–Crippen LogP) is 2.97. The summed E-state index contributed by atoms with van der Waals surface area (Å²) in [5.74, 6) is -0.940. The van der Waals surface area contributed by atoms with Crippen molar-refractivity contribution in [3.8, 4) is 0 Å². The van der Waals surface area contributed by atoms with Crippen molar-refractivity contribution >= 4 is 42.7 Å². The van der Waals surface area contributed by atoms with Crippen LogP contribution in [-0.4, -0.2) is 83.8 Å². The van der Waals surface area contributed by atoms with E-state index in [9.17, 15) is 34.4 Å². The van der Waals surface area contributed by atoms with Gasteiger partial charge in [-0.3, -0.25) is 4.40 Å². The number of hydrogen-bond acceptors (Lipinski definition) is 7. The first-order valence-electron chi connectivity index (χ1n) is 11.9. The highest BCUT2D eigenvalue weighted by molar-refractivity contribution is 7.90. The van der Waals surface area contributed by atoms with Crippen LogP contribution in [0.15, 0.2) is 53.8 Å². The quantitative estimate of drug-likeness (QED) is 0.319. The van der Waals surface area contributed by atoms with Gasteiger partial charge in [-0.15, -0.1) is 0 Å². The Bertz CT molecular complexity index is 1730. The topological polar surface area (TPSA) is 110 Å². The smallest absolute Gasteiger partial charge is 0.338 e. The number of imidazole rings is 1. The molecule has 4 aromatic rings. The van der Waals surface area contributed by atoms with Gasteiger partial charge in [0.25, 0.3) is 10.0 Å². The first kappa shape index (κ1) is 27.3. The molecular weight excluding hydrogens is 564 g/mol. The second-order valence-electron chi connectivity index (χ2n) is 9.30. The van der Waals surface area contributed by atoms with Gasteiger partial charge in [0.1, 0.15) is 6.17 Å². The lowest BCUT2D eigenvalue weighted by Crippen LogP contribution is -2.39. The maximum Gasteiger partial charge on any atom is 0.390 e. The molecular formula is C23H24F4N6O4S2. The van der Waals surface area contributed by atoms with E-state index < -0.39 is 51.1 Å². The minimum absolute atomic E-state index is 0.0447. The molecule has 39 heavy (non-hydrogen) atoms. The molecule has 1 fully saturated rings. The van der Waals surface area contributed by atoms with Crippen molar-refractivity contribution in [1.82, 2.24) is 22.6 Å². The number of alkyl halides is 4. The Morgan fingerprint density at radius 1 is 0.974 bits per heavy atom. The lowest BCUT2D eigenvalue weighted by molar-refractivity contribution is -0.130. The molecule has 0 aliphatic carbocycles. The van der Waals surface area contributed by atoms with Gasteiger partial charge in [-0.05, 0) is 25.1 Å². The maximum atomic E-state index is 14.9. The van der Waals surface area contributed by atoms with Crippen LogP contribution >= 0.6 is 0 Å². The minimum Gasteiger partial charge on any atom is -0.338 e. The maximum absolute atomic E-state index is 14.9. The molecule has 5 rings (SSSR count). The van der Waals surface area contributed by atoms with Crippen LogP contribution < -0.4 is 4.90 Å². The number of hydrogen-bond donors (Lipinski definition) is 0. The van der Waals surface area contributed by atoms with Crippen LogP contribution in [0.5, 0.6) is 0 Å². The summed E-state index contributed by atoms with van der Waals surface area (Å²) in [6.07, 6.45) is -3.65. The monoisotopic (exact) mass is 588 g/mol. The molecule has 1 saturated heterocycles. The molecule has 4 heterocycles. The Hall–Kier alpha value is -3.24. The second kappa shape index (κ2) is 9.75. The van der Waals surface area contributed by atoms with E-state index in [1.165, 1.54) is 41.7 Å². The summed E-state index contributed by atoms with van der Waals surface area (Å²) in [5.41, 5.74) is 1.84. The Kier molecular flexibility index (Phi) is 6.83. The van der Waals surface area contributed by atoms with Crippen LogP contribution in [0.1, 0.15) is 12.0 Å². The van der Waals surface area contributed by atoms with E-state index in [0.29, 0.717) is 11.0 Å². The van der Waals surface area contributed by atoms with Gasteiger partial charge in [0.05, 0.1) is 47.0 Å². The van der Waals surface area contributed by atoms with Crippen molar-refractivity contribution in [2.24, 2.45) is 0 Å². The fraction of sp³-hybridized carbons (Fsp3) is 0.391. The molecule has 1 aromatic carbocycles. The van der Waals surface area contributed by atoms with Gasteiger partial charge >= 0.3 is 6.18 Å².